The van der Waals surface area contributed by atoms with Crippen LogP contribution >= 0.6 is 0 Å². The SMILES string of the molecule is CCOC(=O)N1CC=C(c2cccn3nc(Nc4ccc(C(=O)N5CC(NC)C5)cc4)nc23)CC1. The van der Waals surface area contributed by atoms with Crippen LogP contribution in [-0.4, -0.2) is 82.3 Å². The molecule has 0 bridgehead atoms. The molecule has 2 aliphatic heterocycles. The minimum Gasteiger partial charge on any atom is -0.450 e. The Morgan fingerprint density at radius 2 is 1.94 bits per heavy atom. The molecule has 2 aromatic heterocycles. The largest absolute Gasteiger partial charge is 0.450 e. The standard InChI is InChI=1S/C25H29N7O3/c1-3-35-25(34)30-13-10-17(11-14-30)21-5-4-12-32-22(21)28-24(29-32)27-19-8-6-18(7-9-19)23(33)31-15-20(16-31)26-2/h4-10,12,20,26H,3,11,13-16H2,1-2H3,(H,27,29). The van der Waals surface area contributed by atoms with Crippen molar-refractivity contribution in [3.8, 4) is 0 Å². The lowest BCUT2D eigenvalue weighted by Gasteiger charge is -2.39. The number of rotatable bonds is 6. The molecule has 0 spiro atoms. The fraction of sp³-hybridized carbons (Fsp3) is 0.360. The Bertz CT molecular complexity index is 1260. The predicted octanol–water partition coefficient (Wildman–Crippen LogP) is 2.76. The van der Waals surface area contributed by atoms with Gasteiger partial charge in [0.2, 0.25) is 5.95 Å². The molecule has 5 rings (SSSR count). The van der Waals surface area contributed by atoms with E-state index in [-0.39, 0.29) is 12.0 Å². The molecule has 0 atom stereocenters. The number of likely N-dealkylation sites (N-methyl/N-ethyl adjacent to an activating group) is 1. The quantitative estimate of drug-likeness (QED) is 0.565. The van der Waals surface area contributed by atoms with E-state index in [0.29, 0.717) is 37.3 Å². The number of benzene rings is 1. The summed E-state index contributed by atoms with van der Waals surface area (Å²) in [4.78, 5) is 32.8. The van der Waals surface area contributed by atoms with Gasteiger partial charge >= 0.3 is 6.09 Å². The molecule has 4 heterocycles. The normalized spacial score (nSPS) is 16.1. The summed E-state index contributed by atoms with van der Waals surface area (Å²) < 4.78 is 6.85. The van der Waals surface area contributed by atoms with Gasteiger partial charge in [-0.05, 0) is 62.4 Å². The molecular formula is C25H29N7O3. The number of pyridine rings is 1. The first kappa shape index (κ1) is 22.9. The van der Waals surface area contributed by atoms with Gasteiger partial charge in [0.1, 0.15) is 0 Å². The maximum Gasteiger partial charge on any atom is 0.410 e. The van der Waals surface area contributed by atoms with Crippen LogP contribution in [0.15, 0.2) is 48.7 Å². The van der Waals surface area contributed by atoms with Crippen molar-refractivity contribution in [2.24, 2.45) is 0 Å². The zero-order chi connectivity index (χ0) is 24.4. The first-order valence-electron chi connectivity index (χ1n) is 11.9. The van der Waals surface area contributed by atoms with Crippen molar-refractivity contribution >= 4 is 34.9 Å². The Hall–Kier alpha value is -3.92. The van der Waals surface area contributed by atoms with E-state index >= 15 is 0 Å². The Labute approximate surface area is 203 Å². The molecule has 10 nitrogen and oxygen atoms in total. The van der Waals surface area contributed by atoms with E-state index in [1.165, 1.54) is 0 Å². The number of fused-ring (bicyclic) bond motifs is 1. The average Bonchev–Trinajstić information content (AvgIpc) is 3.26. The summed E-state index contributed by atoms with van der Waals surface area (Å²) in [5.41, 5.74) is 4.33. The van der Waals surface area contributed by atoms with Crippen molar-refractivity contribution in [1.82, 2.24) is 29.7 Å². The highest BCUT2D eigenvalue weighted by atomic mass is 16.6. The van der Waals surface area contributed by atoms with E-state index in [0.717, 1.165) is 42.0 Å². The first-order chi connectivity index (χ1) is 17.1. The van der Waals surface area contributed by atoms with Crippen molar-refractivity contribution in [3.63, 3.8) is 0 Å². The lowest BCUT2D eigenvalue weighted by molar-refractivity contribution is 0.0577. The maximum absolute atomic E-state index is 12.6. The molecule has 3 aromatic rings. The van der Waals surface area contributed by atoms with Crippen LogP contribution in [0.5, 0.6) is 0 Å². The van der Waals surface area contributed by atoms with E-state index in [9.17, 15) is 9.59 Å². The Balaban J connectivity index is 1.28. The number of nitrogens with one attached hydrogen (secondary N) is 2. The molecule has 2 amide bonds. The maximum atomic E-state index is 12.6. The van der Waals surface area contributed by atoms with E-state index in [1.54, 1.807) is 16.3 Å². The van der Waals surface area contributed by atoms with Crippen LogP contribution in [0, 0.1) is 0 Å². The lowest BCUT2D eigenvalue weighted by atomic mass is 10.0. The van der Waals surface area contributed by atoms with Crippen LogP contribution < -0.4 is 10.6 Å². The lowest BCUT2D eigenvalue weighted by Crippen LogP contribution is -2.58. The summed E-state index contributed by atoms with van der Waals surface area (Å²) in [6.07, 6.45) is 4.34. The molecule has 1 aromatic carbocycles. The van der Waals surface area contributed by atoms with Gasteiger partial charge < -0.3 is 25.2 Å². The zero-order valence-corrected chi connectivity index (χ0v) is 19.9. The monoisotopic (exact) mass is 475 g/mol. The van der Waals surface area contributed by atoms with Gasteiger partial charge in [0.15, 0.2) is 5.65 Å². The van der Waals surface area contributed by atoms with Crippen LogP contribution in [0.25, 0.3) is 11.2 Å². The number of anilines is 2. The molecule has 0 radical (unpaired) electrons. The summed E-state index contributed by atoms with van der Waals surface area (Å²) in [6, 6.07) is 11.7. The van der Waals surface area contributed by atoms with E-state index in [1.807, 2.05) is 60.6 Å². The Morgan fingerprint density at radius 3 is 2.63 bits per heavy atom. The van der Waals surface area contributed by atoms with Crippen LogP contribution in [0.1, 0.15) is 29.3 Å². The highest BCUT2D eigenvalue weighted by Gasteiger charge is 2.29. The van der Waals surface area contributed by atoms with Gasteiger partial charge in [-0.1, -0.05) is 6.08 Å². The second-order valence-corrected chi connectivity index (χ2v) is 8.65. The number of hydrogen-bond acceptors (Lipinski definition) is 7. The van der Waals surface area contributed by atoms with Gasteiger partial charge in [-0.2, -0.15) is 4.98 Å². The summed E-state index contributed by atoms with van der Waals surface area (Å²) >= 11 is 0. The number of carbonyl (C=O) groups is 2. The van der Waals surface area contributed by atoms with Crippen molar-refractivity contribution in [2.75, 3.05) is 45.2 Å². The third-order valence-corrected chi connectivity index (χ3v) is 6.41. The second-order valence-electron chi connectivity index (χ2n) is 8.65. The third kappa shape index (κ3) is 4.69. The molecule has 0 unspecified atom stereocenters. The van der Waals surface area contributed by atoms with Crippen molar-refractivity contribution < 1.29 is 14.3 Å². The molecule has 0 aliphatic carbocycles. The molecule has 1 saturated heterocycles. The van der Waals surface area contributed by atoms with Crippen LogP contribution in [-0.2, 0) is 4.74 Å². The summed E-state index contributed by atoms with van der Waals surface area (Å²) in [5.74, 6) is 0.515. The van der Waals surface area contributed by atoms with Crippen LogP contribution in [0.4, 0.5) is 16.4 Å². The van der Waals surface area contributed by atoms with Crippen LogP contribution in [0.3, 0.4) is 0 Å². The number of ether oxygens (including phenoxy) is 1. The average molecular weight is 476 g/mol. The van der Waals surface area contributed by atoms with E-state index < -0.39 is 0 Å². The second kappa shape index (κ2) is 9.75. The highest BCUT2D eigenvalue weighted by Crippen LogP contribution is 2.27. The third-order valence-electron chi connectivity index (χ3n) is 6.41. The van der Waals surface area contributed by atoms with Crippen molar-refractivity contribution in [1.29, 1.82) is 0 Å². The fourth-order valence-corrected chi connectivity index (χ4v) is 4.34. The fourth-order valence-electron chi connectivity index (χ4n) is 4.34. The highest BCUT2D eigenvalue weighted by molar-refractivity contribution is 5.95. The van der Waals surface area contributed by atoms with E-state index in [2.05, 4.69) is 15.7 Å². The number of hydrogen-bond donors (Lipinski definition) is 2. The molecule has 182 valence electrons. The van der Waals surface area contributed by atoms with Gasteiger partial charge in [0, 0.05) is 55.2 Å². The Kier molecular flexibility index (Phi) is 6.37. The molecule has 0 saturated carbocycles. The topological polar surface area (TPSA) is 104 Å². The molecular weight excluding hydrogens is 446 g/mol. The van der Waals surface area contributed by atoms with E-state index in [4.69, 9.17) is 9.72 Å². The van der Waals surface area contributed by atoms with Gasteiger partial charge in [-0.25, -0.2) is 9.31 Å². The number of likely N-dealkylation sites (tertiary alicyclic amines) is 1. The summed E-state index contributed by atoms with van der Waals surface area (Å²) in [6.45, 7) is 4.76. The smallest absolute Gasteiger partial charge is 0.410 e. The number of amides is 2. The van der Waals surface area contributed by atoms with Gasteiger partial charge in [0.05, 0.1) is 6.61 Å². The van der Waals surface area contributed by atoms with Gasteiger partial charge in [-0.15, -0.1) is 5.10 Å². The minimum absolute atomic E-state index is 0.0424. The first-order valence-corrected chi connectivity index (χ1v) is 11.9. The number of aromatic nitrogens is 3. The Morgan fingerprint density at radius 1 is 1.14 bits per heavy atom. The zero-order valence-electron chi connectivity index (χ0n) is 19.9. The van der Waals surface area contributed by atoms with Crippen molar-refractivity contribution in [2.45, 2.75) is 19.4 Å². The molecule has 2 N–H and O–H groups in total. The minimum atomic E-state index is -0.283. The summed E-state index contributed by atoms with van der Waals surface area (Å²) in [7, 11) is 1.91. The van der Waals surface area contributed by atoms with Gasteiger partial charge in [-0.3, -0.25) is 4.79 Å². The molecule has 35 heavy (non-hydrogen) atoms. The molecule has 10 heteroatoms. The molecule has 2 aliphatic rings. The number of nitrogens with zero attached hydrogens (tertiary/aromatic N) is 5. The van der Waals surface area contributed by atoms with Crippen molar-refractivity contribution in [3.05, 3.63) is 59.8 Å². The number of carbonyl (C=O) groups excluding carboxylic acids is 2. The van der Waals surface area contributed by atoms with Crippen LogP contribution in [0.2, 0.25) is 0 Å². The summed E-state index contributed by atoms with van der Waals surface area (Å²) in [5, 5.41) is 11.0. The predicted molar refractivity (Wildman–Crippen MR) is 133 cm³/mol. The van der Waals surface area contributed by atoms with Gasteiger partial charge in [0.25, 0.3) is 5.91 Å². The molecule has 1 fully saturated rings.